The topological polar surface area (TPSA) is 43.4 Å². The largest absolute Gasteiger partial charge is 0.466 e. The Labute approximate surface area is 84.1 Å². The van der Waals surface area contributed by atoms with Crippen LogP contribution in [0.5, 0.6) is 0 Å². The molecule has 0 saturated carbocycles. The van der Waals surface area contributed by atoms with Crippen molar-refractivity contribution in [1.29, 1.82) is 0 Å². The Kier molecular flexibility index (Phi) is 3.86. The summed E-state index contributed by atoms with van der Waals surface area (Å²) in [7, 11) is 0. The molecule has 0 spiro atoms. The van der Waals surface area contributed by atoms with Crippen molar-refractivity contribution in [3.63, 3.8) is 0 Å². The summed E-state index contributed by atoms with van der Waals surface area (Å²) < 4.78 is 4.92. The molecular weight excluding hydrogens is 180 g/mol. The third kappa shape index (κ3) is 2.22. The molecule has 14 heavy (non-hydrogen) atoms. The highest BCUT2D eigenvalue weighted by atomic mass is 16.5. The Morgan fingerprint density at radius 2 is 2.14 bits per heavy atom. The lowest BCUT2D eigenvalue weighted by Gasteiger charge is -2.15. The van der Waals surface area contributed by atoms with E-state index in [0.717, 1.165) is 0 Å². The predicted octanol–water partition coefficient (Wildman–Crippen LogP) is 1.72. The van der Waals surface area contributed by atoms with Crippen molar-refractivity contribution in [2.24, 2.45) is 11.8 Å². The number of carbonyl (C=O) groups excluding carboxylic acids is 2. The van der Waals surface area contributed by atoms with E-state index in [4.69, 9.17) is 4.74 Å². The molecular formula is C11H16O3. The summed E-state index contributed by atoms with van der Waals surface area (Å²) in [6.45, 7) is 3.97. The van der Waals surface area contributed by atoms with Crippen LogP contribution < -0.4 is 0 Å². The zero-order chi connectivity index (χ0) is 10.6. The van der Waals surface area contributed by atoms with E-state index >= 15 is 0 Å². The average Bonchev–Trinajstić information content (AvgIpc) is 2.65. The fourth-order valence-corrected chi connectivity index (χ4v) is 1.71. The maximum Gasteiger partial charge on any atom is 0.310 e. The molecule has 0 heterocycles. The van der Waals surface area contributed by atoms with E-state index < -0.39 is 0 Å². The summed E-state index contributed by atoms with van der Waals surface area (Å²) in [5, 5.41) is 0. The van der Waals surface area contributed by atoms with Crippen molar-refractivity contribution >= 4 is 11.8 Å². The van der Waals surface area contributed by atoms with Crippen LogP contribution in [-0.4, -0.2) is 18.4 Å². The lowest BCUT2D eigenvalue weighted by molar-refractivity contribution is -0.150. The fraction of sp³-hybridized carbons (Fsp3) is 0.636. The van der Waals surface area contributed by atoms with Crippen molar-refractivity contribution in [2.75, 3.05) is 6.61 Å². The molecule has 0 aromatic heterocycles. The molecule has 0 bridgehead atoms. The quantitative estimate of drug-likeness (QED) is 0.508. The number of rotatable bonds is 4. The van der Waals surface area contributed by atoms with Crippen molar-refractivity contribution in [3.05, 3.63) is 12.2 Å². The number of ether oxygens (including phenoxy) is 1. The van der Waals surface area contributed by atoms with Crippen LogP contribution in [0.4, 0.5) is 0 Å². The first-order valence-corrected chi connectivity index (χ1v) is 5.06. The molecule has 1 rings (SSSR count). The zero-order valence-electron chi connectivity index (χ0n) is 8.66. The van der Waals surface area contributed by atoms with Crippen LogP contribution in [0.2, 0.25) is 0 Å². The van der Waals surface area contributed by atoms with Gasteiger partial charge in [0.25, 0.3) is 0 Å². The summed E-state index contributed by atoms with van der Waals surface area (Å²) in [6.07, 6.45) is 4.83. The normalized spacial score (nSPS) is 25.0. The maximum absolute atomic E-state index is 11.5. The molecule has 0 fully saturated rings. The second-order valence-corrected chi connectivity index (χ2v) is 3.37. The third-order valence-electron chi connectivity index (χ3n) is 2.48. The van der Waals surface area contributed by atoms with Gasteiger partial charge in [-0.15, -0.1) is 0 Å². The van der Waals surface area contributed by atoms with E-state index in [9.17, 15) is 9.59 Å². The standard InChI is InChI=1S/C11H16O3/c1-3-10(12)8-6-5-7-9(8)11(13)14-4-2/h5-6,8-9H,3-4,7H2,1-2H3. The van der Waals surface area contributed by atoms with Crippen LogP contribution in [-0.2, 0) is 14.3 Å². The van der Waals surface area contributed by atoms with Gasteiger partial charge in [0.15, 0.2) is 0 Å². The summed E-state index contributed by atoms with van der Waals surface area (Å²) in [5.74, 6) is -0.650. The first kappa shape index (κ1) is 11.0. The minimum Gasteiger partial charge on any atom is -0.466 e. The second kappa shape index (κ2) is 4.94. The van der Waals surface area contributed by atoms with E-state index in [2.05, 4.69) is 0 Å². The number of hydrogen-bond acceptors (Lipinski definition) is 3. The van der Waals surface area contributed by atoms with E-state index in [-0.39, 0.29) is 23.6 Å². The minimum atomic E-state index is -0.276. The van der Waals surface area contributed by atoms with Crippen molar-refractivity contribution in [2.45, 2.75) is 26.7 Å². The number of esters is 1. The first-order valence-electron chi connectivity index (χ1n) is 5.06. The molecule has 0 aromatic carbocycles. The second-order valence-electron chi connectivity index (χ2n) is 3.37. The maximum atomic E-state index is 11.5. The monoisotopic (exact) mass is 196 g/mol. The van der Waals surface area contributed by atoms with Gasteiger partial charge in [-0.3, -0.25) is 9.59 Å². The highest BCUT2D eigenvalue weighted by molar-refractivity contribution is 5.89. The van der Waals surface area contributed by atoms with Crippen LogP contribution in [0.25, 0.3) is 0 Å². The van der Waals surface area contributed by atoms with Gasteiger partial charge in [0.1, 0.15) is 5.78 Å². The van der Waals surface area contributed by atoms with E-state index in [1.54, 1.807) is 6.92 Å². The minimum absolute atomic E-state index is 0.122. The van der Waals surface area contributed by atoms with Gasteiger partial charge in [0.05, 0.1) is 12.5 Å². The number of ketones is 1. The Balaban J connectivity index is 2.62. The van der Waals surface area contributed by atoms with E-state index in [0.29, 0.717) is 19.4 Å². The molecule has 2 atom stereocenters. The van der Waals surface area contributed by atoms with Gasteiger partial charge in [-0.05, 0) is 13.3 Å². The molecule has 0 aliphatic heterocycles. The van der Waals surface area contributed by atoms with Gasteiger partial charge < -0.3 is 4.74 Å². The number of Topliss-reactive ketones (excluding diaryl/α,β-unsaturated/α-hetero) is 1. The fourth-order valence-electron chi connectivity index (χ4n) is 1.71. The van der Waals surface area contributed by atoms with Gasteiger partial charge >= 0.3 is 5.97 Å². The first-order chi connectivity index (χ1) is 6.70. The van der Waals surface area contributed by atoms with E-state index in [1.807, 2.05) is 19.1 Å². The van der Waals surface area contributed by atoms with Crippen LogP contribution in [0.3, 0.4) is 0 Å². The average molecular weight is 196 g/mol. The number of hydrogen-bond donors (Lipinski definition) is 0. The number of carbonyl (C=O) groups is 2. The predicted molar refractivity (Wildman–Crippen MR) is 52.7 cm³/mol. The van der Waals surface area contributed by atoms with Crippen LogP contribution >= 0.6 is 0 Å². The Hall–Kier alpha value is -1.12. The highest BCUT2D eigenvalue weighted by Gasteiger charge is 2.34. The van der Waals surface area contributed by atoms with Crippen molar-refractivity contribution in [3.8, 4) is 0 Å². The molecule has 78 valence electrons. The molecule has 0 saturated heterocycles. The van der Waals surface area contributed by atoms with Gasteiger partial charge in [-0.25, -0.2) is 0 Å². The SMILES string of the molecule is CCOC(=O)C1CC=CC1C(=O)CC. The smallest absolute Gasteiger partial charge is 0.310 e. The summed E-state index contributed by atoms with van der Waals surface area (Å²) in [5.41, 5.74) is 0. The Bertz CT molecular complexity index is 255. The molecule has 3 nitrogen and oxygen atoms in total. The lowest BCUT2D eigenvalue weighted by atomic mass is 9.90. The van der Waals surface area contributed by atoms with Crippen molar-refractivity contribution in [1.82, 2.24) is 0 Å². The van der Waals surface area contributed by atoms with Gasteiger partial charge in [-0.2, -0.15) is 0 Å². The molecule has 0 amide bonds. The molecule has 2 unspecified atom stereocenters. The molecule has 1 aliphatic rings. The summed E-state index contributed by atoms with van der Waals surface area (Å²) >= 11 is 0. The molecule has 1 aliphatic carbocycles. The third-order valence-corrected chi connectivity index (χ3v) is 2.48. The van der Waals surface area contributed by atoms with Crippen molar-refractivity contribution < 1.29 is 14.3 Å². The Morgan fingerprint density at radius 1 is 1.43 bits per heavy atom. The molecule has 0 N–H and O–H groups in total. The van der Waals surface area contributed by atoms with Crippen LogP contribution in [0.15, 0.2) is 12.2 Å². The van der Waals surface area contributed by atoms with Gasteiger partial charge in [0, 0.05) is 12.3 Å². The molecule has 0 radical (unpaired) electrons. The summed E-state index contributed by atoms with van der Waals surface area (Å²) in [4.78, 5) is 22.9. The lowest BCUT2D eigenvalue weighted by Crippen LogP contribution is -2.26. The zero-order valence-corrected chi connectivity index (χ0v) is 8.66. The van der Waals surface area contributed by atoms with Gasteiger partial charge in [0.2, 0.25) is 0 Å². The highest BCUT2D eigenvalue weighted by Crippen LogP contribution is 2.28. The van der Waals surface area contributed by atoms with E-state index in [1.165, 1.54) is 0 Å². The molecule has 3 heteroatoms. The molecule has 0 aromatic rings. The summed E-state index contributed by atoms with van der Waals surface area (Å²) in [6, 6.07) is 0. The van der Waals surface area contributed by atoms with Gasteiger partial charge in [-0.1, -0.05) is 19.1 Å². The van der Waals surface area contributed by atoms with Crippen LogP contribution in [0, 0.1) is 11.8 Å². The number of allylic oxidation sites excluding steroid dienone is 2. The van der Waals surface area contributed by atoms with Crippen LogP contribution in [0.1, 0.15) is 26.7 Å². The Morgan fingerprint density at radius 3 is 2.71 bits per heavy atom.